The van der Waals surface area contributed by atoms with Gasteiger partial charge in [0.15, 0.2) is 0 Å². The van der Waals surface area contributed by atoms with Gasteiger partial charge in [0, 0.05) is 29.9 Å². The summed E-state index contributed by atoms with van der Waals surface area (Å²) in [6.07, 6.45) is 2.56. The monoisotopic (exact) mass is 385 g/mol. The highest BCUT2D eigenvalue weighted by molar-refractivity contribution is 6.30. The van der Waals surface area contributed by atoms with E-state index < -0.39 is 0 Å². The summed E-state index contributed by atoms with van der Waals surface area (Å²) in [5.41, 5.74) is 2.63. The lowest BCUT2D eigenvalue weighted by Crippen LogP contribution is -2.31. The maximum atomic E-state index is 11.9. The van der Waals surface area contributed by atoms with Gasteiger partial charge in [0.1, 0.15) is 5.75 Å². The highest BCUT2D eigenvalue weighted by Crippen LogP contribution is 2.15. The van der Waals surface area contributed by atoms with Gasteiger partial charge in [-0.3, -0.25) is 4.68 Å². The Morgan fingerprint density at radius 2 is 2.04 bits per heavy atom. The van der Waals surface area contributed by atoms with E-state index in [1.165, 1.54) is 0 Å². The number of methoxy groups -OCH3 is 1. The topological polar surface area (TPSA) is 81.1 Å². The van der Waals surface area contributed by atoms with Crippen LogP contribution in [0, 0.1) is 0 Å². The molecule has 8 heteroatoms. The Kier molecular flexibility index (Phi) is 6.27. The van der Waals surface area contributed by atoms with Crippen molar-refractivity contribution >= 4 is 23.3 Å². The van der Waals surface area contributed by atoms with Gasteiger partial charge in [-0.05, 0) is 35.9 Å². The molecule has 0 aliphatic heterocycles. The SMILES string of the molecule is COc1ccc(Cc2cn(CCNC(=O)Nc3cccc(Cl)c3)nn2)cc1. The normalized spacial score (nSPS) is 10.4. The van der Waals surface area contributed by atoms with Crippen LogP contribution in [0.25, 0.3) is 0 Å². The minimum Gasteiger partial charge on any atom is -0.497 e. The molecule has 0 aliphatic carbocycles. The predicted octanol–water partition coefficient (Wildman–Crippen LogP) is 3.35. The van der Waals surface area contributed by atoms with Gasteiger partial charge in [-0.2, -0.15) is 0 Å². The lowest BCUT2D eigenvalue weighted by atomic mass is 10.1. The molecule has 7 nitrogen and oxygen atoms in total. The van der Waals surface area contributed by atoms with E-state index in [2.05, 4.69) is 20.9 Å². The third-order valence-electron chi connectivity index (χ3n) is 3.84. The Morgan fingerprint density at radius 1 is 1.22 bits per heavy atom. The molecule has 0 bridgehead atoms. The maximum Gasteiger partial charge on any atom is 0.319 e. The summed E-state index contributed by atoms with van der Waals surface area (Å²) in [5.74, 6) is 0.824. The Labute approximate surface area is 162 Å². The lowest BCUT2D eigenvalue weighted by Gasteiger charge is -2.07. The number of amides is 2. The zero-order valence-corrected chi connectivity index (χ0v) is 15.6. The highest BCUT2D eigenvalue weighted by atomic mass is 35.5. The minimum atomic E-state index is -0.296. The van der Waals surface area contributed by atoms with Crippen LogP contribution in [0.3, 0.4) is 0 Å². The molecule has 1 heterocycles. The third kappa shape index (κ3) is 5.72. The van der Waals surface area contributed by atoms with Gasteiger partial charge in [0.25, 0.3) is 0 Å². The van der Waals surface area contributed by atoms with Crippen LogP contribution < -0.4 is 15.4 Å². The van der Waals surface area contributed by atoms with E-state index in [4.69, 9.17) is 16.3 Å². The molecule has 0 spiro atoms. The van der Waals surface area contributed by atoms with Gasteiger partial charge >= 0.3 is 6.03 Å². The van der Waals surface area contributed by atoms with Gasteiger partial charge in [-0.15, -0.1) is 5.10 Å². The molecule has 0 radical (unpaired) electrons. The van der Waals surface area contributed by atoms with Crippen molar-refractivity contribution in [2.45, 2.75) is 13.0 Å². The molecule has 27 heavy (non-hydrogen) atoms. The van der Waals surface area contributed by atoms with Gasteiger partial charge in [-0.25, -0.2) is 4.79 Å². The lowest BCUT2D eigenvalue weighted by molar-refractivity contribution is 0.251. The molecule has 0 saturated heterocycles. The first-order valence-corrected chi connectivity index (χ1v) is 8.82. The first-order chi connectivity index (χ1) is 13.1. The molecule has 0 fully saturated rings. The van der Waals surface area contributed by atoms with Crippen molar-refractivity contribution in [3.8, 4) is 5.75 Å². The van der Waals surface area contributed by atoms with Gasteiger partial charge in [0.05, 0.1) is 19.3 Å². The molecular weight excluding hydrogens is 366 g/mol. The number of carbonyl (C=O) groups excluding carboxylic acids is 1. The molecule has 0 saturated carbocycles. The number of nitrogens with zero attached hydrogens (tertiary/aromatic N) is 3. The van der Waals surface area contributed by atoms with E-state index in [1.54, 1.807) is 36.1 Å². The van der Waals surface area contributed by atoms with Crippen molar-refractivity contribution in [2.75, 3.05) is 19.0 Å². The zero-order valence-electron chi connectivity index (χ0n) is 14.9. The zero-order chi connectivity index (χ0) is 19.1. The second-order valence-corrected chi connectivity index (χ2v) is 6.33. The van der Waals surface area contributed by atoms with Crippen molar-refractivity contribution in [3.05, 3.63) is 71.0 Å². The second kappa shape index (κ2) is 9.05. The molecule has 0 aliphatic rings. The molecule has 3 aromatic rings. The standard InChI is InChI=1S/C19H20ClN5O2/c1-27-18-7-5-14(6-8-18)11-17-13-25(24-23-17)10-9-21-19(26)22-16-4-2-3-15(20)12-16/h2-8,12-13H,9-11H2,1H3,(H2,21,22,26). The number of anilines is 1. The number of nitrogens with one attached hydrogen (secondary N) is 2. The number of halogens is 1. The Morgan fingerprint density at radius 3 is 2.78 bits per heavy atom. The van der Waals surface area contributed by atoms with E-state index in [0.717, 1.165) is 17.0 Å². The van der Waals surface area contributed by atoms with E-state index in [1.807, 2.05) is 30.5 Å². The van der Waals surface area contributed by atoms with E-state index in [-0.39, 0.29) is 6.03 Å². The summed E-state index contributed by atoms with van der Waals surface area (Å²) >= 11 is 5.89. The minimum absolute atomic E-state index is 0.296. The second-order valence-electron chi connectivity index (χ2n) is 5.89. The summed E-state index contributed by atoms with van der Waals surface area (Å²) in [4.78, 5) is 11.9. The van der Waals surface area contributed by atoms with Crippen molar-refractivity contribution in [2.24, 2.45) is 0 Å². The predicted molar refractivity (Wildman–Crippen MR) is 104 cm³/mol. The highest BCUT2D eigenvalue weighted by Gasteiger charge is 2.05. The summed E-state index contributed by atoms with van der Waals surface area (Å²) in [7, 11) is 1.64. The Hall–Kier alpha value is -3.06. The molecule has 140 valence electrons. The maximum absolute atomic E-state index is 11.9. The van der Waals surface area contributed by atoms with E-state index in [0.29, 0.717) is 30.2 Å². The van der Waals surface area contributed by atoms with Crippen LogP contribution in [0.1, 0.15) is 11.3 Å². The van der Waals surface area contributed by atoms with Gasteiger partial charge < -0.3 is 15.4 Å². The van der Waals surface area contributed by atoms with Gasteiger partial charge in [-0.1, -0.05) is 35.0 Å². The largest absolute Gasteiger partial charge is 0.497 e. The van der Waals surface area contributed by atoms with E-state index in [9.17, 15) is 4.79 Å². The number of hydrogen-bond acceptors (Lipinski definition) is 4. The quantitative estimate of drug-likeness (QED) is 0.653. The first kappa shape index (κ1) is 18.7. The molecule has 3 rings (SSSR count). The molecule has 2 aromatic carbocycles. The summed E-state index contributed by atoms with van der Waals surface area (Å²) in [5, 5.41) is 14.3. The fourth-order valence-electron chi connectivity index (χ4n) is 2.51. The molecule has 0 atom stereocenters. The van der Waals surface area contributed by atoms with Crippen LogP contribution in [0.4, 0.5) is 10.5 Å². The molecule has 1 aromatic heterocycles. The first-order valence-electron chi connectivity index (χ1n) is 8.45. The van der Waals surface area contributed by atoms with Crippen LogP contribution in [-0.2, 0) is 13.0 Å². The van der Waals surface area contributed by atoms with Crippen LogP contribution in [0.2, 0.25) is 5.02 Å². The summed E-state index contributed by atoms with van der Waals surface area (Å²) in [6, 6.07) is 14.5. The number of urea groups is 1. The molecular formula is C19H20ClN5O2. The summed E-state index contributed by atoms with van der Waals surface area (Å²) < 4.78 is 6.86. The smallest absolute Gasteiger partial charge is 0.319 e. The Bertz CT molecular complexity index is 895. The average Bonchev–Trinajstić information content (AvgIpc) is 3.09. The fourth-order valence-corrected chi connectivity index (χ4v) is 2.70. The Balaban J connectivity index is 1.44. The molecule has 0 unspecified atom stereocenters. The van der Waals surface area contributed by atoms with Crippen LogP contribution in [0.5, 0.6) is 5.75 Å². The average molecular weight is 386 g/mol. The number of rotatable bonds is 7. The van der Waals surface area contributed by atoms with Crippen molar-refractivity contribution < 1.29 is 9.53 Å². The van der Waals surface area contributed by atoms with Gasteiger partial charge in [0.2, 0.25) is 0 Å². The van der Waals surface area contributed by atoms with Crippen molar-refractivity contribution in [1.82, 2.24) is 20.3 Å². The van der Waals surface area contributed by atoms with Crippen LogP contribution in [-0.4, -0.2) is 34.7 Å². The molecule has 2 N–H and O–H groups in total. The number of hydrogen-bond donors (Lipinski definition) is 2. The van der Waals surface area contributed by atoms with Crippen molar-refractivity contribution in [1.29, 1.82) is 0 Å². The number of carbonyl (C=O) groups is 1. The molecule has 2 amide bonds. The van der Waals surface area contributed by atoms with Crippen LogP contribution in [0.15, 0.2) is 54.7 Å². The van der Waals surface area contributed by atoms with Crippen LogP contribution >= 0.6 is 11.6 Å². The number of benzene rings is 2. The number of ether oxygens (including phenoxy) is 1. The third-order valence-corrected chi connectivity index (χ3v) is 4.07. The summed E-state index contributed by atoms with van der Waals surface area (Å²) in [6.45, 7) is 0.955. The number of aromatic nitrogens is 3. The van der Waals surface area contributed by atoms with E-state index >= 15 is 0 Å². The fraction of sp³-hybridized carbons (Fsp3) is 0.211. The van der Waals surface area contributed by atoms with Crippen molar-refractivity contribution in [3.63, 3.8) is 0 Å².